The van der Waals surface area contributed by atoms with Crippen LogP contribution in [-0.4, -0.2) is 30.1 Å². The maximum atomic E-state index is 12.4. The number of fused-ring (bicyclic) bond motifs is 1. The third kappa shape index (κ3) is 3.25. The quantitative estimate of drug-likeness (QED) is 0.841. The average molecular weight is 329 g/mol. The predicted octanol–water partition coefficient (Wildman–Crippen LogP) is 3.59. The number of furan rings is 1. The molecule has 0 fully saturated rings. The first-order chi connectivity index (χ1) is 11.4. The van der Waals surface area contributed by atoms with Crippen LogP contribution in [0.2, 0.25) is 0 Å². The monoisotopic (exact) mass is 329 g/mol. The Morgan fingerprint density at radius 2 is 2.12 bits per heavy atom. The Hall–Kier alpha value is -2.43. The number of likely N-dealkylation sites (N-methyl/N-ethyl adjacent to an activating group) is 1. The Kier molecular flexibility index (Phi) is 4.26. The van der Waals surface area contributed by atoms with Gasteiger partial charge in [0.1, 0.15) is 11.4 Å². The summed E-state index contributed by atoms with van der Waals surface area (Å²) >= 11 is 0. The van der Waals surface area contributed by atoms with E-state index < -0.39 is 0 Å². The number of para-hydroxylation sites is 1. The summed E-state index contributed by atoms with van der Waals surface area (Å²) in [7, 11) is 1.74. The molecule has 2 heterocycles. The fourth-order valence-electron chi connectivity index (χ4n) is 2.88. The van der Waals surface area contributed by atoms with E-state index >= 15 is 0 Å². The molecule has 1 amide bonds. The Morgan fingerprint density at radius 3 is 2.83 bits per heavy atom. The summed E-state index contributed by atoms with van der Waals surface area (Å²) in [6.45, 7) is 5.96. The molecular formula is C19H23NO4. The number of ether oxygens (including phenoxy) is 2. The summed E-state index contributed by atoms with van der Waals surface area (Å²) in [5, 5.41) is 0. The number of rotatable bonds is 5. The van der Waals surface area contributed by atoms with Crippen molar-refractivity contribution < 1.29 is 18.7 Å². The highest BCUT2D eigenvalue weighted by molar-refractivity contribution is 5.78. The number of carbonyl (C=O) groups is 1. The molecule has 0 aliphatic carbocycles. The molecule has 1 aliphatic rings. The highest BCUT2D eigenvalue weighted by atomic mass is 16.5. The van der Waals surface area contributed by atoms with Gasteiger partial charge >= 0.3 is 0 Å². The summed E-state index contributed by atoms with van der Waals surface area (Å²) in [6.07, 6.45) is 2.44. The SMILES string of the molecule is CC(c1ccco1)N(C)C(=O)COc1cccc2c1OC(C)(C)C2. The van der Waals surface area contributed by atoms with Crippen LogP contribution in [0.5, 0.6) is 11.5 Å². The first kappa shape index (κ1) is 16.4. The van der Waals surface area contributed by atoms with Crippen molar-refractivity contribution in [1.29, 1.82) is 0 Å². The lowest BCUT2D eigenvalue weighted by molar-refractivity contribution is -0.134. The Bertz CT molecular complexity index is 721. The smallest absolute Gasteiger partial charge is 0.260 e. The lowest BCUT2D eigenvalue weighted by Gasteiger charge is -2.23. The topological polar surface area (TPSA) is 51.9 Å². The van der Waals surface area contributed by atoms with E-state index in [1.807, 2.05) is 51.1 Å². The van der Waals surface area contributed by atoms with E-state index in [1.54, 1.807) is 18.2 Å². The van der Waals surface area contributed by atoms with E-state index in [9.17, 15) is 4.79 Å². The zero-order valence-corrected chi connectivity index (χ0v) is 14.5. The van der Waals surface area contributed by atoms with E-state index in [4.69, 9.17) is 13.9 Å². The summed E-state index contributed by atoms with van der Waals surface area (Å²) in [4.78, 5) is 14.0. The first-order valence-electron chi connectivity index (χ1n) is 8.10. The Balaban J connectivity index is 1.65. The normalized spacial score (nSPS) is 16.2. The number of amides is 1. The molecule has 5 heteroatoms. The van der Waals surface area contributed by atoms with Gasteiger partial charge in [-0.05, 0) is 39.0 Å². The van der Waals surface area contributed by atoms with Gasteiger partial charge in [-0.3, -0.25) is 4.79 Å². The standard InChI is InChI=1S/C19H23NO4/c1-13(15-9-6-10-22-15)20(4)17(21)12-23-16-8-5-7-14-11-19(2,3)24-18(14)16/h5-10,13H,11-12H2,1-4H3. The Morgan fingerprint density at radius 1 is 1.33 bits per heavy atom. The van der Waals surface area contributed by atoms with E-state index in [2.05, 4.69) is 0 Å². The molecule has 24 heavy (non-hydrogen) atoms. The Labute approximate surface area is 142 Å². The number of hydrogen-bond acceptors (Lipinski definition) is 4. The highest BCUT2D eigenvalue weighted by Crippen LogP contribution is 2.41. The van der Waals surface area contributed by atoms with E-state index in [1.165, 1.54) is 0 Å². The predicted molar refractivity (Wildman–Crippen MR) is 90.2 cm³/mol. The van der Waals surface area contributed by atoms with Crippen molar-refractivity contribution in [3.05, 3.63) is 47.9 Å². The lowest BCUT2D eigenvalue weighted by atomic mass is 10.0. The zero-order chi connectivity index (χ0) is 17.3. The van der Waals surface area contributed by atoms with Crippen molar-refractivity contribution in [3.63, 3.8) is 0 Å². The van der Waals surface area contributed by atoms with Crippen molar-refractivity contribution in [2.75, 3.05) is 13.7 Å². The molecule has 128 valence electrons. The number of nitrogens with zero attached hydrogens (tertiary/aromatic N) is 1. The van der Waals surface area contributed by atoms with Crippen molar-refractivity contribution in [2.24, 2.45) is 0 Å². The largest absolute Gasteiger partial charge is 0.483 e. The van der Waals surface area contributed by atoms with Gasteiger partial charge in [-0.2, -0.15) is 0 Å². The lowest BCUT2D eigenvalue weighted by Crippen LogP contribution is -2.33. The maximum Gasteiger partial charge on any atom is 0.260 e. The van der Waals surface area contributed by atoms with E-state index in [-0.39, 0.29) is 24.2 Å². The molecule has 0 bridgehead atoms. The molecule has 0 radical (unpaired) electrons. The summed E-state index contributed by atoms with van der Waals surface area (Å²) < 4.78 is 17.1. The second-order valence-electron chi connectivity index (χ2n) is 6.77. The van der Waals surface area contributed by atoms with Crippen molar-refractivity contribution >= 4 is 5.91 Å². The van der Waals surface area contributed by atoms with Gasteiger partial charge in [0.15, 0.2) is 18.1 Å². The molecule has 5 nitrogen and oxygen atoms in total. The minimum Gasteiger partial charge on any atom is -0.483 e. The second kappa shape index (κ2) is 6.23. The third-order valence-electron chi connectivity index (χ3n) is 4.34. The van der Waals surface area contributed by atoms with Gasteiger partial charge in [0.05, 0.1) is 12.3 Å². The molecule has 0 N–H and O–H groups in total. The zero-order valence-electron chi connectivity index (χ0n) is 14.5. The second-order valence-corrected chi connectivity index (χ2v) is 6.77. The van der Waals surface area contributed by atoms with Crippen LogP contribution in [0.4, 0.5) is 0 Å². The van der Waals surface area contributed by atoms with Gasteiger partial charge in [-0.15, -0.1) is 0 Å². The number of carbonyl (C=O) groups excluding carboxylic acids is 1. The minimum atomic E-state index is -0.240. The minimum absolute atomic E-state index is 0.0399. The first-order valence-corrected chi connectivity index (χ1v) is 8.10. The molecule has 1 aromatic carbocycles. The molecule has 3 rings (SSSR count). The summed E-state index contributed by atoms with van der Waals surface area (Å²) in [5.41, 5.74) is 0.874. The van der Waals surface area contributed by atoms with Crippen LogP contribution in [0.3, 0.4) is 0 Å². The van der Waals surface area contributed by atoms with Crippen LogP contribution in [0.15, 0.2) is 41.0 Å². The fraction of sp³-hybridized carbons (Fsp3) is 0.421. The van der Waals surface area contributed by atoms with Gasteiger partial charge in [-0.25, -0.2) is 0 Å². The van der Waals surface area contributed by atoms with Gasteiger partial charge in [0, 0.05) is 19.0 Å². The molecule has 0 spiro atoms. The van der Waals surface area contributed by atoms with Crippen molar-refractivity contribution in [3.8, 4) is 11.5 Å². The van der Waals surface area contributed by atoms with Crippen LogP contribution in [0.1, 0.15) is 38.1 Å². The fourth-order valence-corrected chi connectivity index (χ4v) is 2.88. The van der Waals surface area contributed by atoms with Crippen LogP contribution in [0.25, 0.3) is 0 Å². The van der Waals surface area contributed by atoms with Crippen LogP contribution >= 0.6 is 0 Å². The van der Waals surface area contributed by atoms with E-state index in [0.717, 1.165) is 23.5 Å². The molecule has 1 aliphatic heterocycles. The van der Waals surface area contributed by atoms with Gasteiger partial charge in [0.2, 0.25) is 0 Å². The average Bonchev–Trinajstić information content (AvgIpc) is 3.17. The number of benzene rings is 1. The molecule has 1 atom stereocenters. The molecule has 1 unspecified atom stereocenters. The van der Waals surface area contributed by atoms with Crippen molar-refractivity contribution in [1.82, 2.24) is 4.90 Å². The van der Waals surface area contributed by atoms with Gasteiger partial charge < -0.3 is 18.8 Å². The maximum absolute atomic E-state index is 12.4. The van der Waals surface area contributed by atoms with Gasteiger partial charge in [-0.1, -0.05) is 12.1 Å². The number of hydrogen-bond donors (Lipinski definition) is 0. The molecule has 1 aromatic heterocycles. The molecular weight excluding hydrogens is 306 g/mol. The van der Waals surface area contributed by atoms with Crippen LogP contribution in [0, 0.1) is 0 Å². The molecule has 0 saturated carbocycles. The van der Waals surface area contributed by atoms with Crippen LogP contribution in [-0.2, 0) is 11.2 Å². The molecule has 0 saturated heterocycles. The molecule has 2 aromatic rings. The van der Waals surface area contributed by atoms with Crippen molar-refractivity contribution in [2.45, 2.75) is 38.8 Å². The third-order valence-corrected chi connectivity index (χ3v) is 4.34. The van der Waals surface area contributed by atoms with E-state index in [0.29, 0.717) is 5.75 Å². The summed E-state index contributed by atoms with van der Waals surface area (Å²) in [6, 6.07) is 9.32. The summed E-state index contributed by atoms with van der Waals surface area (Å²) in [5.74, 6) is 1.99. The highest BCUT2D eigenvalue weighted by Gasteiger charge is 2.32. The van der Waals surface area contributed by atoms with Crippen LogP contribution < -0.4 is 9.47 Å². The van der Waals surface area contributed by atoms with Gasteiger partial charge in [0.25, 0.3) is 5.91 Å².